The lowest BCUT2D eigenvalue weighted by molar-refractivity contribution is 0.616. The quantitative estimate of drug-likeness (QED) is 0.800. The lowest BCUT2D eigenvalue weighted by Crippen LogP contribution is -2.04. The summed E-state index contributed by atoms with van der Waals surface area (Å²) in [5, 5.41) is 3.12. The third kappa shape index (κ3) is 3.05. The Morgan fingerprint density at radius 3 is 2.86 bits per heavy atom. The van der Waals surface area contributed by atoms with Crippen LogP contribution in [0.4, 0.5) is 10.2 Å². The number of aromatic nitrogens is 4. The van der Waals surface area contributed by atoms with Crippen LogP contribution >= 0.6 is 0 Å². The number of anilines is 1. The highest BCUT2D eigenvalue weighted by molar-refractivity contribution is 5.39. The maximum Gasteiger partial charge on any atom is 0.147 e. The predicted octanol–water partition coefficient (Wildman–Crippen LogP) is 2.72. The molecule has 0 atom stereocenters. The molecule has 0 radical (unpaired) electrons. The fourth-order valence-corrected chi connectivity index (χ4v) is 2.01. The van der Waals surface area contributed by atoms with Gasteiger partial charge in [0.25, 0.3) is 0 Å². The van der Waals surface area contributed by atoms with E-state index in [-0.39, 0.29) is 5.82 Å². The minimum absolute atomic E-state index is 0.289. The number of imidazole rings is 1. The van der Waals surface area contributed by atoms with Gasteiger partial charge >= 0.3 is 0 Å². The molecule has 0 unspecified atom stereocenters. The second kappa shape index (κ2) is 5.70. The molecule has 5 nitrogen and oxygen atoms in total. The molecule has 0 aliphatic heterocycles. The Kier molecular flexibility index (Phi) is 3.59. The third-order valence-electron chi connectivity index (χ3n) is 3.02. The summed E-state index contributed by atoms with van der Waals surface area (Å²) in [5.41, 5.74) is 2.15. The van der Waals surface area contributed by atoms with Crippen molar-refractivity contribution in [1.29, 1.82) is 0 Å². The van der Waals surface area contributed by atoms with E-state index in [1.165, 1.54) is 6.07 Å². The highest BCUT2D eigenvalue weighted by Gasteiger charge is 2.05. The zero-order chi connectivity index (χ0) is 14.7. The van der Waals surface area contributed by atoms with Crippen LogP contribution in [0.3, 0.4) is 0 Å². The Morgan fingerprint density at radius 1 is 1.24 bits per heavy atom. The topological polar surface area (TPSA) is 55.6 Å². The van der Waals surface area contributed by atoms with Gasteiger partial charge in [-0.3, -0.25) is 4.98 Å². The number of aryl methyl sites for hydroxylation is 1. The Morgan fingerprint density at radius 2 is 2.14 bits per heavy atom. The molecule has 0 bridgehead atoms. The summed E-state index contributed by atoms with van der Waals surface area (Å²) in [6.45, 7) is 2.36. The highest BCUT2D eigenvalue weighted by atomic mass is 19.1. The molecule has 0 spiro atoms. The van der Waals surface area contributed by atoms with Gasteiger partial charge in [-0.05, 0) is 24.6 Å². The van der Waals surface area contributed by atoms with Gasteiger partial charge < -0.3 is 9.88 Å². The van der Waals surface area contributed by atoms with Crippen LogP contribution in [0.25, 0.3) is 5.69 Å². The summed E-state index contributed by atoms with van der Waals surface area (Å²) in [7, 11) is 0. The second-order valence-corrected chi connectivity index (χ2v) is 4.65. The summed E-state index contributed by atoms with van der Waals surface area (Å²) in [6.07, 6.45) is 8.22. The SMILES string of the molecule is Cc1cncc(NCc2ccc(-n3ccnc3)c(F)c2)n1. The first-order valence-electron chi connectivity index (χ1n) is 6.51. The molecule has 1 N–H and O–H groups in total. The van der Waals surface area contributed by atoms with Gasteiger partial charge in [-0.15, -0.1) is 0 Å². The van der Waals surface area contributed by atoms with E-state index in [0.717, 1.165) is 11.3 Å². The molecule has 0 aliphatic rings. The van der Waals surface area contributed by atoms with Crippen molar-refractivity contribution in [3.63, 3.8) is 0 Å². The Balaban J connectivity index is 1.74. The van der Waals surface area contributed by atoms with Crippen LogP contribution in [0.15, 0.2) is 49.3 Å². The molecule has 2 aromatic heterocycles. The van der Waals surface area contributed by atoms with Crippen molar-refractivity contribution in [2.75, 3.05) is 5.32 Å². The van der Waals surface area contributed by atoms with E-state index < -0.39 is 0 Å². The summed E-state index contributed by atoms with van der Waals surface area (Å²) in [6, 6.07) is 5.11. The van der Waals surface area contributed by atoms with Crippen LogP contribution in [0, 0.1) is 12.7 Å². The van der Waals surface area contributed by atoms with E-state index in [2.05, 4.69) is 20.3 Å². The van der Waals surface area contributed by atoms with Crippen LogP contribution in [0.1, 0.15) is 11.3 Å². The summed E-state index contributed by atoms with van der Waals surface area (Å²) < 4.78 is 15.7. The first-order chi connectivity index (χ1) is 10.2. The molecule has 3 rings (SSSR count). The molecule has 2 heterocycles. The average molecular weight is 283 g/mol. The summed E-state index contributed by atoms with van der Waals surface area (Å²) in [4.78, 5) is 12.3. The number of rotatable bonds is 4. The number of hydrogen-bond acceptors (Lipinski definition) is 4. The number of nitrogens with one attached hydrogen (secondary N) is 1. The molecule has 0 saturated carbocycles. The lowest BCUT2D eigenvalue weighted by Gasteiger charge is -2.08. The van der Waals surface area contributed by atoms with Crippen LogP contribution in [0.5, 0.6) is 0 Å². The van der Waals surface area contributed by atoms with Crippen molar-refractivity contribution in [2.45, 2.75) is 13.5 Å². The van der Waals surface area contributed by atoms with Gasteiger partial charge in [0.1, 0.15) is 11.6 Å². The zero-order valence-electron chi connectivity index (χ0n) is 11.5. The molecule has 3 aromatic rings. The molecule has 106 valence electrons. The van der Waals surface area contributed by atoms with E-state index in [9.17, 15) is 4.39 Å². The Labute approximate surface area is 121 Å². The van der Waals surface area contributed by atoms with Gasteiger partial charge in [0.2, 0.25) is 0 Å². The zero-order valence-corrected chi connectivity index (χ0v) is 11.5. The molecule has 0 amide bonds. The fraction of sp³-hybridized carbons (Fsp3) is 0.133. The highest BCUT2D eigenvalue weighted by Crippen LogP contribution is 2.15. The van der Waals surface area contributed by atoms with Gasteiger partial charge in [-0.25, -0.2) is 14.4 Å². The molecular weight excluding hydrogens is 269 g/mol. The van der Waals surface area contributed by atoms with Gasteiger partial charge in [0.05, 0.1) is 23.9 Å². The monoisotopic (exact) mass is 283 g/mol. The van der Waals surface area contributed by atoms with Crippen LogP contribution < -0.4 is 5.32 Å². The molecular formula is C15H14FN5. The minimum Gasteiger partial charge on any atom is -0.365 e. The van der Waals surface area contributed by atoms with E-state index in [4.69, 9.17) is 0 Å². The summed E-state index contributed by atoms with van der Waals surface area (Å²) in [5.74, 6) is 0.386. The van der Waals surface area contributed by atoms with E-state index >= 15 is 0 Å². The molecule has 0 fully saturated rings. The normalized spacial score (nSPS) is 10.6. The van der Waals surface area contributed by atoms with Crippen molar-refractivity contribution >= 4 is 5.82 Å². The van der Waals surface area contributed by atoms with Crippen molar-refractivity contribution in [2.24, 2.45) is 0 Å². The predicted molar refractivity (Wildman–Crippen MR) is 77.6 cm³/mol. The number of halogens is 1. The van der Waals surface area contributed by atoms with E-state index in [0.29, 0.717) is 18.1 Å². The maximum atomic E-state index is 14.1. The molecule has 6 heteroatoms. The average Bonchev–Trinajstić information content (AvgIpc) is 2.99. The van der Waals surface area contributed by atoms with Crippen LogP contribution in [-0.4, -0.2) is 19.5 Å². The van der Waals surface area contributed by atoms with Gasteiger partial charge in [0.15, 0.2) is 0 Å². The van der Waals surface area contributed by atoms with Gasteiger partial charge in [-0.1, -0.05) is 6.07 Å². The van der Waals surface area contributed by atoms with Crippen molar-refractivity contribution in [3.8, 4) is 5.69 Å². The molecule has 1 aromatic carbocycles. The minimum atomic E-state index is -0.289. The van der Waals surface area contributed by atoms with Crippen molar-refractivity contribution in [3.05, 3.63) is 66.4 Å². The fourth-order valence-electron chi connectivity index (χ4n) is 2.01. The second-order valence-electron chi connectivity index (χ2n) is 4.65. The first kappa shape index (κ1) is 13.2. The van der Waals surface area contributed by atoms with E-state index in [1.54, 1.807) is 41.7 Å². The largest absolute Gasteiger partial charge is 0.365 e. The molecule has 0 aliphatic carbocycles. The third-order valence-corrected chi connectivity index (χ3v) is 3.02. The molecule has 0 saturated heterocycles. The van der Waals surface area contributed by atoms with Crippen LogP contribution in [-0.2, 0) is 6.54 Å². The lowest BCUT2D eigenvalue weighted by atomic mass is 10.2. The van der Waals surface area contributed by atoms with Crippen LogP contribution in [0.2, 0.25) is 0 Å². The number of benzene rings is 1. The van der Waals surface area contributed by atoms with E-state index in [1.807, 2.05) is 13.0 Å². The van der Waals surface area contributed by atoms with Crippen molar-refractivity contribution < 1.29 is 4.39 Å². The Bertz CT molecular complexity index is 740. The van der Waals surface area contributed by atoms with Crippen molar-refractivity contribution in [1.82, 2.24) is 19.5 Å². The maximum absolute atomic E-state index is 14.1. The first-order valence-corrected chi connectivity index (χ1v) is 6.51. The van der Waals surface area contributed by atoms with Gasteiger partial charge in [0, 0.05) is 25.1 Å². The number of hydrogen-bond donors (Lipinski definition) is 1. The standard InChI is InChI=1S/C15H14FN5/c1-11-7-18-9-15(20-11)19-8-12-2-3-14(13(16)6-12)21-5-4-17-10-21/h2-7,9-10H,8H2,1H3,(H,19,20). The number of nitrogens with zero attached hydrogens (tertiary/aromatic N) is 4. The Hall–Kier alpha value is -2.76. The molecule has 21 heavy (non-hydrogen) atoms. The van der Waals surface area contributed by atoms with Gasteiger partial charge in [-0.2, -0.15) is 0 Å². The summed E-state index contributed by atoms with van der Waals surface area (Å²) >= 11 is 0. The smallest absolute Gasteiger partial charge is 0.147 e.